The van der Waals surface area contributed by atoms with Crippen molar-refractivity contribution in [1.82, 2.24) is 79.8 Å². The van der Waals surface area contributed by atoms with Gasteiger partial charge in [-0.05, 0) is 118 Å². The van der Waals surface area contributed by atoms with Gasteiger partial charge in [-0.15, -0.1) is 0 Å². The Balaban J connectivity index is 2.31. The van der Waals surface area contributed by atoms with Crippen LogP contribution in [-0.4, -0.2) is 283 Å². The Kier molecular flexibility index (Phi) is 44.8. The highest BCUT2D eigenvalue weighted by atomic mass is 32.2. The van der Waals surface area contributed by atoms with E-state index in [9.17, 15) is 127 Å². The quantitative estimate of drug-likeness (QED) is 0.0292. The molecule has 16 amide bonds. The van der Waals surface area contributed by atoms with Gasteiger partial charge in [0.2, 0.25) is 94.5 Å². The lowest BCUT2D eigenvalue weighted by atomic mass is 9.99. The van der Waals surface area contributed by atoms with Gasteiger partial charge in [-0.2, -0.15) is 11.8 Å². The zero-order valence-electron chi connectivity index (χ0n) is 66.6. The third-order valence-corrected chi connectivity index (χ3v) is 17.8. The number of benzene rings is 2. The van der Waals surface area contributed by atoms with Crippen molar-refractivity contribution in [3.8, 4) is 11.5 Å². The molecule has 0 aromatic heterocycles. The average molecular weight is 1680 g/mol. The smallest absolute Gasteiger partial charge is 0.328 e. The number of hydrogen-bond acceptors (Lipinski definition) is 26. The summed E-state index contributed by atoms with van der Waals surface area (Å²) in [7, 11) is 0. The molecular formula is C73H113N17O26S. The van der Waals surface area contributed by atoms with Crippen LogP contribution in [0.2, 0.25) is 0 Å². The van der Waals surface area contributed by atoms with Crippen molar-refractivity contribution in [3.63, 3.8) is 0 Å². The van der Waals surface area contributed by atoms with Gasteiger partial charge >= 0.3 is 11.9 Å². The predicted octanol–water partition coefficient (Wildman–Crippen LogP) is -8.14. The molecule has 0 aliphatic carbocycles. The van der Waals surface area contributed by atoms with Gasteiger partial charge in [-0.3, -0.25) is 81.5 Å². The molecule has 0 bridgehead atoms. The van der Waals surface area contributed by atoms with E-state index in [4.69, 9.17) is 11.5 Å². The van der Waals surface area contributed by atoms with Gasteiger partial charge in [0.25, 0.3) is 0 Å². The number of rotatable bonds is 53. The number of phenols is 2. The largest absolute Gasteiger partial charge is 0.508 e. The molecule has 44 heteroatoms. The van der Waals surface area contributed by atoms with Gasteiger partial charge in [0.1, 0.15) is 90.0 Å². The highest BCUT2D eigenvalue weighted by Crippen LogP contribution is 2.17. The summed E-state index contributed by atoms with van der Waals surface area (Å²) in [4.78, 5) is 240. The van der Waals surface area contributed by atoms with E-state index in [0.29, 0.717) is 11.1 Å². The third kappa shape index (κ3) is 38.8. The lowest BCUT2D eigenvalue weighted by Gasteiger charge is -2.28. The maximum atomic E-state index is 14.4. The first-order chi connectivity index (χ1) is 54.8. The van der Waals surface area contributed by atoms with E-state index in [1.165, 1.54) is 74.1 Å². The van der Waals surface area contributed by atoms with Crippen LogP contribution in [0.4, 0.5) is 0 Å². The number of carbonyl (C=O) groups is 18. The van der Waals surface area contributed by atoms with E-state index in [1.54, 1.807) is 47.8 Å². The summed E-state index contributed by atoms with van der Waals surface area (Å²) >= 11 is 1.19. The normalized spacial score (nSPS) is 15.0. The van der Waals surface area contributed by atoms with Gasteiger partial charge in [-0.1, -0.05) is 65.8 Å². The number of carbonyl (C=O) groups excluding carboxylic acids is 16. The first kappa shape index (κ1) is 102. The van der Waals surface area contributed by atoms with Crippen LogP contribution in [0.1, 0.15) is 118 Å². The zero-order chi connectivity index (χ0) is 88.7. The summed E-state index contributed by atoms with van der Waals surface area (Å²) in [5.41, 5.74) is 11.8. The molecule has 0 saturated heterocycles. The van der Waals surface area contributed by atoms with Crippen LogP contribution < -0.4 is 91.2 Å². The zero-order valence-corrected chi connectivity index (χ0v) is 67.4. The fraction of sp³-hybridized carbons (Fsp3) is 0.589. The molecule has 0 heterocycles. The first-order valence-corrected chi connectivity index (χ1v) is 38.7. The van der Waals surface area contributed by atoms with Gasteiger partial charge < -0.3 is 132 Å². The molecule has 0 aliphatic heterocycles. The summed E-state index contributed by atoms with van der Waals surface area (Å²) in [6.45, 7) is 9.00. The Morgan fingerprint density at radius 2 is 0.726 bits per heavy atom. The van der Waals surface area contributed by atoms with E-state index in [2.05, 4.69) is 74.4 Å². The molecule has 117 heavy (non-hydrogen) atoms. The van der Waals surface area contributed by atoms with Crippen molar-refractivity contribution in [2.45, 2.75) is 211 Å². The lowest BCUT2D eigenvalue weighted by molar-refractivity contribution is -0.143. The maximum Gasteiger partial charge on any atom is 0.328 e. The monoisotopic (exact) mass is 1680 g/mol. The predicted molar refractivity (Wildman–Crippen MR) is 417 cm³/mol. The summed E-state index contributed by atoms with van der Waals surface area (Å²) < 4.78 is 0. The maximum absolute atomic E-state index is 14.4. The number of hydrogen-bond donors (Lipinski definition) is 25. The highest BCUT2D eigenvalue weighted by Gasteiger charge is 2.38. The van der Waals surface area contributed by atoms with Gasteiger partial charge in [-0.25, -0.2) is 4.79 Å². The molecule has 2 rings (SSSR count). The second kappa shape index (κ2) is 51.6. The summed E-state index contributed by atoms with van der Waals surface area (Å²) in [6.07, 6.45) is -4.51. The van der Waals surface area contributed by atoms with Crippen LogP contribution in [0.15, 0.2) is 48.5 Å². The van der Waals surface area contributed by atoms with E-state index in [0.717, 1.165) is 6.92 Å². The molecule has 0 aliphatic rings. The third-order valence-electron chi connectivity index (χ3n) is 17.2. The molecule has 0 saturated carbocycles. The molecule has 2 aromatic carbocycles. The molecule has 15 atom stereocenters. The van der Waals surface area contributed by atoms with E-state index < -0.39 is 249 Å². The molecule has 2 aromatic rings. The van der Waals surface area contributed by atoms with Crippen molar-refractivity contribution >= 4 is 118 Å². The SMILES string of the molecule is CSCC[C@H](NC(=O)[C@H](C)NC(=O)[C@H](CC(C)C)NC(=O)[C@H](Cc1ccc(O)cc1)NC(=O)[C@H](CCC(N)=O)NC(=O)CNC(=O)[C@@H](N)[C@@H](C)O)C(=O)N[C@@H](CC(=O)O)C(=O)N[C@H](C(=O)N[C@@H](CO)C(=O)NCC(=O)N[C@@H](CC(C)C)C(=O)N[C@@H](CC(C)C)C(=O)N[C@@H](Cc1ccc(O)cc1)C(=O)NCC(=O)N[C@@H](CO)C(=O)O)[C@@H](C)O. The van der Waals surface area contributed by atoms with Crippen molar-refractivity contribution in [2.75, 3.05) is 44.9 Å². The Hall–Kier alpha value is -11.4. The number of aromatic hydroxyl groups is 2. The Bertz CT molecular complexity index is 3740. The number of carboxylic acids is 2. The minimum atomic E-state index is -2.08. The fourth-order valence-electron chi connectivity index (χ4n) is 10.9. The van der Waals surface area contributed by atoms with Crippen LogP contribution in [0.5, 0.6) is 11.5 Å². The Morgan fingerprint density at radius 1 is 0.385 bits per heavy atom. The molecule has 27 N–H and O–H groups in total. The van der Waals surface area contributed by atoms with Gasteiger partial charge in [0.15, 0.2) is 0 Å². The molecular weight excluding hydrogens is 1560 g/mol. The molecule has 0 fully saturated rings. The highest BCUT2D eigenvalue weighted by molar-refractivity contribution is 7.98. The van der Waals surface area contributed by atoms with E-state index >= 15 is 0 Å². The molecule has 652 valence electrons. The van der Waals surface area contributed by atoms with Crippen LogP contribution in [-0.2, 0) is 99.1 Å². The van der Waals surface area contributed by atoms with Gasteiger partial charge in [0.05, 0.1) is 51.5 Å². The Labute approximate surface area is 678 Å². The number of nitrogens with one attached hydrogen (secondary N) is 15. The first-order valence-electron chi connectivity index (χ1n) is 37.4. The molecule has 43 nitrogen and oxygen atoms in total. The number of aliphatic hydroxyl groups excluding tert-OH is 4. The van der Waals surface area contributed by atoms with Crippen molar-refractivity contribution in [2.24, 2.45) is 29.2 Å². The number of phenolic OH excluding ortho intramolecular Hbond substituents is 2. The standard InChI is InChI=1S/C73H113N17O26S/c1-34(2)23-46(67(109)85-48(25-36(5)6)68(110)86-49(26-40-11-15-42(95)16-12-40)62(104)76-30-57(100)82-53(33-92)73(115)116)81-56(99)29-77-63(105)52(32-91)89-72(114)60(39(9)94)90-70(112)51(28-58(101)102)88-65(107)45(21-22-117-10)83-61(103)37(7)79-66(108)47(24-35(3)4)84-69(111)50(27-41-13-17-43(96)18-14-41)87-64(106)44(19-20-54(74)97)80-55(98)31-78-71(113)59(75)38(8)93/h11-18,34-39,44-53,59-60,91-96H,19-33,75H2,1-10H3,(H2,74,97)(H,76,104)(H,77,105)(H,78,113)(H,79,108)(H,80,98)(H,81,99)(H,82,100)(H,83,103)(H,84,111)(H,85,109)(H,86,110)(H,87,106)(H,88,107)(H,89,114)(H,90,112)(H,101,102)(H,115,116)/t37-,38+,39+,44-,45-,46-,47-,48-,49-,50-,51-,52-,53-,59-,60-/m0/s1. The number of carboxylic acid groups (broad SMARTS) is 2. The van der Waals surface area contributed by atoms with Crippen molar-refractivity contribution in [3.05, 3.63) is 59.7 Å². The second-order valence-corrected chi connectivity index (χ2v) is 29.9. The second-order valence-electron chi connectivity index (χ2n) is 28.9. The van der Waals surface area contributed by atoms with Crippen molar-refractivity contribution < 1.29 is 127 Å². The molecule has 0 unspecified atom stereocenters. The number of thioether (sulfide) groups is 1. The number of primary amides is 1. The number of nitrogens with two attached hydrogens (primary N) is 2. The number of amides is 16. The van der Waals surface area contributed by atoms with Crippen LogP contribution in [0.3, 0.4) is 0 Å². The van der Waals surface area contributed by atoms with Crippen LogP contribution >= 0.6 is 11.8 Å². The van der Waals surface area contributed by atoms with Gasteiger partial charge in [0, 0.05) is 19.3 Å². The van der Waals surface area contributed by atoms with Crippen LogP contribution in [0, 0.1) is 17.8 Å². The minimum absolute atomic E-state index is 0.0421. The summed E-state index contributed by atoms with van der Waals surface area (Å²) in [5.74, 6) is -21.1. The number of aliphatic carboxylic acids is 2. The molecule has 0 spiro atoms. The minimum Gasteiger partial charge on any atom is -0.508 e. The lowest BCUT2D eigenvalue weighted by Crippen LogP contribution is -2.62. The Morgan fingerprint density at radius 3 is 1.13 bits per heavy atom. The van der Waals surface area contributed by atoms with Crippen LogP contribution in [0.25, 0.3) is 0 Å². The summed E-state index contributed by atoms with van der Waals surface area (Å²) in [6, 6.07) is -10.3. The number of aliphatic hydroxyl groups is 4. The van der Waals surface area contributed by atoms with E-state index in [1.807, 2.05) is 5.32 Å². The summed E-state index contributed by atoms with van der Waals surface area (Å²) in [5, 5.41) is 114. The molecule has 0 radical (unpaired) electrons. The average Bonchev–Trinajstić information content (AvgIpc) is 0.857. The van der Waals surface area contributed by atoms with E-state index in [-0.39, 0.29) is 73.5 Å². The van der Waals surface area contributed by atoms with Crippen molar-refractivity contribution in [1.29, 1.82) is 0 Å². The topological polar surface area (TPSA) is 702 Å². The fourth-order valence-corrected chi connectivity index (χ4v) is 11.3.